The molecule has 0 saturated heterocycles. The van der Waals surface area contributed by atoms with E-state index in [9.17, 15) is 9.59 Å². The average Bonchev–Trinajstić information content (AvgIpc) is 3.19. The van der Waals surface area contributed by atoms with Crippen molar-refractivity contribution in [3.8, 4) is 0 Å². The summed E-state index contributed by atoms with van der Waals surface area (Å²) in [5.74, 6) is -1.85. The van der Waals surface area contributed by atoms with E-state index < -0.39 is 11.9 Å². The lowest BCUT2D eigenvalue weighted by molar-refractivity contribution is 0.0681. The van der Waals surface area contributed by atoms with Crippen LogP contribution < -0.4 is 0 Å². The van der Waals surface area contributed by atoms with Crippen LogP contribution in [0, 0.1) is 0 Å². The zero-order chi connectivity index (χ0) is 17.1. The van der Waals surface area contributed by atoms with Crippen LogP contribution in [0.25, 0.3) is 21.8 Å². The molecule has 0 fully saturated rings. The number of para-hydroxylation sites is 2. The number of hydrogen-bond donors (Lipinski definition) is 4. The predicted octanol–water partition coefficient (Wildman–Crippen LogP) is 3.73. The maximum atomic E-state index is 10.5. The molecule has 0 aliphatic carbocycles. The van der Waals surface area contributed by atoms with Gasteiger partial charge in [0.15, 0.2) is 0 Å². The van der Waals surface area contributed by atoms with Gasteiger partial charge in [-0.15, -0.1) is 0 Å². The molecule has 6 nitrogen and oxygen atoms in total. The number of carboxylic acids is 2. The average molecular weight is 322 g/mol. The summed E-state index contributed by atoms with van der Waals surface area (Å²) in [5.41, 5.74) is 2.18. The van der Waals surface area contributed by atoms with Crippen LogP contribution in [0.2, 0.25) is 0 Å². The number of benzene rings is 2. The molecule has 2 heterocycles. The first-order valence-electron chi connectivity index (χ1n) is 7.16. The van der Waals surface area contributed by atoms with Crippen LogP contribution in [-0.2, 0) is 0 Å². The lowest BCUT2D eigenvalue weighted by Crippen LogP contribution is -1.94. The van der Waals surface area contributed by atoms with Crippen molar-refractivity contribution in [3.63, 3.8) is 0 Å². The summed E-state index contributed by atoms with van der Waals surface area (Å²) in [6.45, 7) is 0. The first-order valence-corrected chi connectivity index (χ1v) is 7.16. The molecule has 0 spiro atoms. The Kier molecular flexibility index (Phi) is 4.03. The molecule has 2 aromatic heterocycles. The minimum Gasteiger partial charge on any atom is -0.477 e. The van der Waals surface area contributed by atoms with Crippen molar-refractivity contribution in [2.24, 2.45) is 0 Å². The zero-order valence-electron chi connectivity index (χ0n) is 12.5. The van der Waals surface area contributed by atoms with Crippen molar-refractivity contribution in [1.82, 2.24) is 9.97 Å². The molecule has 120 valence electrons. The van der Waals surface area contributed by atoms with Gasteiger partial charge in [-0.3, -0.25) is 0 Å². The molecule has 0 aliphatic rings. The van der Waals surface area contributed by atoms with Crippen LogP contribution in [0.1, 0.15) is 21.0 Å². The molecular weight excluding hydrogens is 308 g/mol. The Morgan fingerprint density at radius 2 is 1.04 bits per heavy atom. The zero-order valence-corrected chi connectivity index (χ0v) is 12.5. The van der Waals surface area contributed by atoms with E-state index in [1.54, 1.807) is 12.1 Å². The van der Waals surface area contributed by atoms with Gasteiger partial charge >= 0.3 is 11.9 Å². The van der Waals surface area contributed by atoms with Crippen molar-refractivity contribution < 1.29 is 19.8 Å². The van der Waals surface area contributed by atoms with E-state index in [1.165, 1.54) is 0 Å². The highest BCUT2D eigenvalue weighted by atomic mass is 16.4. The summed E-state index contributed by atoms with van der Waals surface area (Å²) in [7, 11) is 0. The minimum atomic E-state index is -0.925. The number of rotatable bonds is 2. The van der Waals surface area contributed by atoms with Gasteiger partial charge in [0.05, 0.1) is 0 Å². The second kappa shape index (κ2) is 6.29. The second-order valence-corrected chi connectivity index (χ2v) is 5.15. The van der Waals surface area contributed by atoms with E-state index in [2.05, 4.69) is 9.97 Å². The van der Waals surface area contributed by atoms with Crippen LogP contribution >= 0.6 is 0 Å². The third-order valence-corrected chi connectivity index (χ3v) is 3.52. The first-order chi connectivity index (χ1) is 11.5. The Balaban J connectivity index is 0.000000141. The van der Waals surface area contributed by atoms with Crippen molar-refractivity contribution in [2.45, 2.75) is 0 Å². The summed E-state index contributed by atoms with van der Waals surface area (Å²) in [4.78, 5) is 26.7. The summed E-state index contributed by atoms with van der Waals surface area (Å²) in [6.07, 6.45) is 0. The normalized spacial score (nSPS) is 10.3. The van der Waals surface area contributed by atoms with E-state index >= 15 is 0 Å². The lowest BCUT2D eigenvalue weighted by Gasteiger charge is -1.84. The fourth-order valence-electron chi connectivity index (χ4n) is 2.38. The maximum Gasteiger partial charge on any atom is 0.352 e. The highest BCUT2D eigenvalue weighted by molar-refractivity contribution is 5.94. The van der Waals surface area contributed by atoms with Crippen molar-refractivity contribution in [1.29, 1.82) is 0 Å². The lowest BCUT2D eigenvalue weighted by atomic mass is 10.2. The molecular formula is C18H14N2O4. The summed E-state index contributed by atoms with van der Waals surface area (Å²) in [6, 6.07) is 18.2. The Bertz CT molecular complexity index is 880. The van der Waals surface area contributed by atoms with Gasteiger partial charge in [-0.25, -0.2) is 9.59 Å². The van der Waals surface area contributed by atoms with Gasteiger partial charge in [0.2, 0.25) is 0 Å². The smallest absolute Gasteiger partial charge is 0.352 e. The Morgan fingerprint density at radius 1 is 0.667 bits per heavy atom. The highest BCUT2D eigenvalue weighted by Crippen LogP contribution is 2.14. The highest BCUT2D eigenvalue weighted by Gasteiger charge is 2.06. The molecule has 4 aromatic rings. The van der Waals surface area contributed by atoms with Gasteiger partial charge < -0.3 is 20.2 Å². The quantitative estimate of drug-likeness (QED) is 0.451. The van der Waals surface area contributed by atoms with Gasteiger partial charge in [-0.1, -0.05) is 36.4 Å². The number of hydrogen-bond acceptors (Lipinski definition) is 2. The Labute approximate surface area is 136 Å². The second-order valence-electron chi connectivity index (χ2n) is 5.15. The molecule has 6 heteroatoms. The van der Waals surface area contributed by atoms with E-state index in [4.69, 9.17) is 10.2 Å². The van der Waals surface area contributed by atoms with Gasteiger partial charge in [-0.2, -0.15) is 0 Å². The van der Waals surface area contributed by atoms with Crippen LogP contribution in [0.3, 0.4) is 0 Å². The van der Waals surface area contributed by atoms with Crippen molar-refractivity contribution >= 4 is 33.7 Å². The molecule has 0 atom stereocenters. The summed E-state index contributed by atoms with van der Waals surface area (Å²) < 4.78 is 0. The van der Waals surface area contributed by atoms with Crippen LogP contribution in [0.4, 0.5) is 0 Å². The summed E-state index contributed by atoms with van der Waals surface area (Å²) >= 11 is 0. The van der Waals surface area contributed by atoms with Crippen molar-refractivity contribution in [2.75, 3.05) is 0 Å². The number of aromatic amines is 2. The first kappa shape index (κ1) is 15.4. The molecule has 2 aromatic carbocycles. The molecule has 0 amide bonds. The number of carboxylic acid groups (broad SMARTS) is 2. The molecule has 0 radical (unpaired) electrons. The number of fused-ring (bicyclic) bond motifs is 2. The Morgan fingerprint density at radius 3 is 1.38 bits per heavy atom. The molecule has 4 N–H and O–H groups in total. The number of aromatic carboxylic acids is 2. The summed E-state index contributed by atoms with van der Waals surface area (Å²) in [5, 5.41) is 19.2. The predicted molar refractivity (Wildman–Crippen MR) is 90.5 cm³/mol. The van der Waals surface area contributed by atoms with Crippen LogP contribution in [-0.4, -0.2) is 32.1 Å². The third kappa shape index (κ3) is 3.12. The van der Waals surface area contributed by atoms with Crippen LogP contribution in [0.5, 0.6) is 0 Å². The van der Waals surface area contributed by atoms with Gasteiger partial charge in [0.25, 0.3) is 0 Å². The number of carbonyl (C=O) groups is 2. The third-order valence-electron chi connectivity index (χ3n) is 3.52. The topological polar surface area (TPSA) is 106 Å². The minimum absolute atomic E-state index is 0.233. The number of aromatic nitrogens is 2. The fourth-order valence-corrected chi connectivity index (χ4v) is 2.38. The van der Waals surface area contributed by atoms with Gasteiger partial charge in [0.1, 0.15) is 11.4 Å². The largest absolute Gasteiger partial charge is 0.477 e. The SMILES string of the molecule is O=C(O)c1cc2ccccc2[nH]1.O=C(O)c1cc2ccccc2[nH]1. The van der Waals surface area contributed by atoms with Crippen LogP contribution in [0.15, 0.2) is 60.7 Å². The van der Waals surface area contributed by atoms with E-state index in [0.29, 0.717) is 0 Å². The molecule has 0 saturated carbocycles. The van der Waals surface area contributed by atoms with E-state index in [1.807, 2.05) is 48.5 Å². The molecule has 4 rings (SSSR count). The standard InChI is InChI=1S/2C9H7NO2/c2*11-9(12)8-5-6-3-1-2-4-7(6)10-8/h2*1-5,10H,(H,11,12). The monoisotopic (exact) mass is 322 g/mol. The number of H-pyrrole nitrogens is 2. The molecule has 0 aliphatic heterocycles. The molecule has 0 unspecified atom stereocenters. The fraction of sp³-hybridized carbons (Fsp3) is 0. The van der Waals surface area contributed by atoms with Crippen molar-refractivity contribution in [3.05, 3.63) is 72.1 Å². The van der Waals surface area contributed by atoms with Gasteiger partial charge in [-0.05, 0) is 24.3 Å². The maximum absolute atomic E-state index is 10.5. The van der Waals surface area contributed by atoms with Gasteiger partial charge in [0, 0.05) is 21.8 Å². The molecule has 0 bridgehead atoms. The Hall–Kier alpha value is -3.54. The molecule has 24 heavy (non-hydrogen) atoms. The number of nitrogens with one attached hydrogen (secondary N) is 2. The van der Waals surface area contributed by atoms with E-state index in [-0.39, 0.29) is 11.4 Å². The van der Waals surface area contributed by atoms with E-state index in [0.717, 1.165) is 21.8 Å².